The van der Waals surface area contributed by atoms with E-state index >= 15 is 0 Å². The zero-order valence-corrected chi connectivity index (χ0v) is 12.5. The van der Waals surface area contributed by atoms with Crippen LogP contribution in [-0.2, 0) is 6.54 Å². The molecule has 5 nitrogen and oxygen atoms in total. The zero-order chi connectivity index (χ0) is 14.5. The first-order chi connectivity index (χ1) is 9.60. The fraction of sp³-hybridized carbons (Fsp3) is 0.143. The molecule has 1 aromatic carbocycles. The Labute approximate surface area is 125 Å². The Morgan fingerprint density at radius 2 is 2.10 bits per heavy atom. The molecule has 2 aromatic rings. The summed E-state index contributed by atoms with van der Waals surface area (Å²) in [6.45, 7) is 0.541. The first-order valence-corrected chi connectivity index (χ1v) is 6.71. The number of primary amides is 1. The molecule has 20 heavy (non-hydrogen) atoms. The monoisotopic (exact) mass is 335 g/mol. The molecule has 6 heteroatoms. The van der Waals surface area contributed by atoms with Gasteiger partial charge in [0.25, 0.3) is 5.91 Å². The number of rotatable bonds is 5. The van der Waals surface area contributed by atoms with E-state index in [1.54, 1.807) is 19.4 Å². The minimum atomic E-state index is -0.518. The number of benzene rings is 1. The van der Waals surface area contributed by atoms with E-state index in [1.165, 1.54) is 0 Å². The van der Waals surface area contributed by atoms with E-state index in [0.29, 0.717) is 22.4 Å². The smallest absolute Gasteiger partial charge is 0.252 e. The maximum absolute atomic E-state index is 11.4. The van der Waals surface area contributed by atoms with Gasteiger partial charge < -0.3 is 15.8 Å². The molecule has 0 atom stereocenters. The third-order valence-corrected chi connectivity index (χ3v) is 3.17. The van der Waals surface area contributed by atoms with Crippen LogP contribution in [-0.4, -0.2) is 18.0 Å². The van der Waals surface area contributed by atoms with Crippen molar-refractivity contribution in [1.82, 2.24) is 4.98 Å². The predicted octanol–water partition coefficient (Wildman–Crippen LogP) is 2.56. The summed E-state index contributed by atoms with van der Waals surface area (Å²) in [5.74, 6) is 0.751. The van der Waals surface area contributed by atoms with Crippen molar-refractivity contribution in [3.05, 3.63) is 52.1 Å². The molecule has 0 aliphatic rings. The average Bonchev–Trinajstić information content (AvgIpc) is 2.46. The number of aromatic nitrogens is 1. The van der Waals surface area contributed by atoms with Crippen molar-refractivity contribution in [3.63, 3.8) is 0 Å². The Balaban J connectivity index is 2.12. The number of amides is 1. The number of pyridine rings is 1. The highest BCUT2D eigenvalue weighted by Gasteiger charge is 2.10. The van der Waals surface area contributed by atoms with Gasteiger partial charge in [-0.1, -0.05) is 12.1 Å². The fourth-order valence-corrected chi connectivity index (χ4v) is 2.03. The molecule has 0 radical (unpaired) electrons. The highest BCUT2D eigenvalue weighted by Crippen LogP contribution is 2.19. The van der Waals surface area contributed by atoms with Crippen LogP contribution < -0.4 is 15.8 Å². The van der Waals surface area contributed by atoms with Crippen LogP contribution in [0.25, 0.3) is 0 Å². The molecule has 0 aliphatic carbocycles. The van der Waals surface area contributed by atoms with Gasteiger partial charge in [0.05, 0.1) is 12.7 Å². The molecule has 0 aliphatic heterocycles. The molecular weight excluding hydrogens is 322 g/mol. The summed E-state index contributed by atoms with van der Waals surface area (Å²) in [6.07, 6.45) is 1.61. The van der Waals surface area contributed by atoms with Crippen molar-refractivity contribution < 1.29 is 9.53 Å². The van der Waals surface area contributed by atoms with Gasteiger partial charge in [-0.05, 0) is 39.7 Å². The van der Waals surface area contributed by atoms with Crippen LogP contribution in [0.4, 0.5) is 5.82 Å². The lowest BCUT2D eigenvalue weighted by Crippen LogP contribution is -2.15. The number of nitrogens with two attached hydrogens (primary N) is 1. The maximum Gasteiger partial charge on any atom is 0.252 e. The number of nitrogens with one attached hydrogen (secondary N) is 1. The molecule has 1 aromatic heterocycles. The quantitative estimate of drug-likeness (QED) is 0.880. The fourth-order valence-electron chi connectivity index (χ4n) is 1.70. The van der Waals surface area contributed by atoms with Crippen LogP contribution in [0.3, 0.4) is 0 Å². The number of nitrogens with zero attached hydrogens (tertiary/aromatic N) is 1. The largest absolute Gasteiger partial charge is 0.497 e. The third kappa shape index (κ3) is 3.48. The summed E-state index contributed by atoms with van der Waals surface area (Å²) in [6, 6.07) is 9.27. The lowest BCUT2D eigenvalue weighted by atomic mass is 10.2. The highest BCUT2D eigenvalue weighted by atomic mass is 79.9. The van der Waals surface area contributed by atoms with Gasteiger partial charge in [0.2, 0.25) is 0 Å². The molecule has 0 bridgehead atoms. The van der Waals surface area contributed by atoms with Crippen molar-refractivity contribution in [2.24, 2.45) is 5.73 Å². The van der Waals surface area contributed by atoms with Gasteiger partial charge in [-0.25, -0.2) is 4.98 Å². The number of ether oxygens (including phenoxy) is 1. The van der Waals surface area contributed by atoms with Gasteiger partial charge in [0.15, 0.2) is 0 Å². The predicted molar refractivity (Wildman–Crippen MR) is 80.8 cm³/mol. The topological polar surface area (TPSA) is 77.2 Å². The third-order valence-electron chi connectivity index (χ3n) is 2.74. The summed E-state index contributed by atoms with van der Waals surface area (Å²) < 4.78 is 5.81. The zero-order valence-electron chi connectivity index (χ0n) is 10.9. The lowest BCUT2D eigenvalue weighted by Gasteiger charge is -2.10. The maximum atomic E-state index is 11.4. The Kier molecular flexibility index (Phi) is 4.57. The molecule has 0 spiro atoms. The van der Waals surface area contributed by atoms with Gasteiger partial charge in [-0.2, -0.15) is 0 Å². The van der Waals surface area contributed by atoms with E-state index < -0.39 is 5.91 Å². The molecule has 2 rings (SSSR count). The Hall–Kier alpha value is -2.08. The van der Waals surface area contributed by atoms with Gasteiger partial charge in [0, 0.05) is 17.2 Å². The molecule has 0 saturated carbocycles. The lowest BCUT2D eigenvalue weighted by molar-refractivity contribution is 0.100. The second kappa shape index (κ2) is 6.38. The molecule has 0 unspecified atom stereocenters. The Morgan fingerprint density at radius 1 is 1.40 bits per heavy atom. The Morgan fingerprint density at radius 3 is 2.70 bits per heavy atom. The van der Waals surface area contributed by atoms with Gasteiger partial charge >= 0.3 is 0 Å². The molecule has 1 heterocycles. The van der Waals surface area contributed by atoms with E-state index in [-0.39, 0.29) is 0 Å². The number of carbonyl (C=O) groups excluding carboxylic acids is 1. The first kappa shape index (κ1) is 14.3. The number of anilines is 1. The molecular formula is C14H14BrN3O2. The van der Waals surface area contributed by atoms with Crippen LogP contribution in [0.1, 0.15) is 15.9 Å². The molecule has 3 N–H and O–H groups in total. The van der Waals surface area contributed by atoms with E-state index in [4.69, 9.17) is 10.5 Å². The first-order valence-electron chi connectivity index (χ1n) is 5.92. The molecule has 1 amide bonds. The van der Waals surface area contributed by atoms with Crippen LogP contribution in [0.5, 0.6) is 5.75 Å². The van der Waals surface area contributed by atoms with Crippen molar-refractivity contribution in [2.45, 2.75) is 6.54 Å². The van der Waals surface area contributed by atoms with E-state index in [9.17, 15) is 4.79 Å². The van der Waals surface area contributed by atoms with Crippen LogP contribution in [0.15, 0.2) is 41.0 Å². The average molecular weight is 336 g/mol. The minimum Gasteiger partial charge on any atom is -0.497 e. The van der Waals surface area contributed by atoms with Gasteiger partial charge in [0.1, 0.15) is 11.6 Å². The molecule has 104 valence electrons. The van der Waals surface area contributed by atoms with Crippen molar-refractivity contribution in [1.29, 1.82) is 0 Å². The number of hydrogen-bond acceptors (Lipinski definition) is 4. The highest BCUT2D eigenvalue weighted by molar-refractivity contribution is 9.10. The number of hydrogen-bond donors (Lipinski definition) is 2. The summed E-state index contributed by atoms with van der Waals surface area (Å²) in [5, 5.41) is 3.10. The van der Waals surface area contributed by atoms with Crippen LogP contribution >= 0.6 is 15.9 Å². The van der Waals surface area contributed by atoms with Crippen LogP contribution in [0, 0.1) is 0 Å². The summed E-state index contributed by atoms with van der Waals surface area (Å²) in [5.41, 5.74) is 6.74. The number of halogens is 1. The van der Waals surface area contributed by atoms with Gasteiger partial charge in [-0.3, -0.25) is 4.79 Å². The van der Waals surface area contributed by atoms with Crippen molar-refractivity contribution in [3.8, 4) is 5.75 Å². The minimum absolute atomic E-state index is 0.355. The second-order valence-corrected chi connectivity index (χ2v) is 5.03. The van der Waals surface area contributed by atoms with E-state index in [0.717, 1.165) is 11.3 Å². The van der Waals surface area contributed by atoms with Crippen molar-refractivity contribution >= 4 is 27.7 Å². The standard InChI is InChI=1S/C14H14BrN3O2/c1-20-11-4-2-9(3-5-11)7-17-14-12(13(16)19)6-10(15)8-18-14/h2-6,8H,7H2,1H3,(H2,16,19)(H,17,18). The summed E-state index contributed by atoms with van der Waals surface area (Å²) in [4.78, 5) is 15.5. The molecule has 0 saturated heterocycles. The van der Waals surface area contributed by atoms with Crippen molar-refractivity contribution in [2.75, 3.05) is 12.4 Å². The molecule has 0 fully saturated rings. The number of methoxy groups -OCH3 is 1. The normalized spacial score (nSPS) is 10.1. The summed E-state index contributed by atoms with van der Waals surface area (Å²) in [7, 11) is 1.62. The van der Waals surface area contributed by atoms with E-state index in [2.05, 4.69) is 26.2 Å². The summed E-state index contributed by atoms with van der Waals surface area (Å²) >= 11 is 3.26. The number of carbonyl (C=O) groups is 1. The SMILES string of the molecule is COc1ccc(CNc2ncc(Br)cc2C(N)=O)cc1. The van der Waals surface area contributed by atoms with E-state index in [1.807, 2.05) is 24.3 Å². The Bertz CT molecular complexity index is 614. The van der Waals surface area contributed by atoms with Gasteiger partial charge in [-0.15, -0.1) is 0 Å². The van der Waals surface area contributed by atoms with Crippen LogP contribution in [0.2, 0.25) is 0 Å². The second-order valence-electron chi connectivity index (χ2n) is 4.12.